The molecule has 0 aliphatic rings. The third kappa shape index (κ3) is 3.33. The average Bonchev–Trinajstić information content (AvgIpc) is 2.03. The van der Waals surface area contributed by atoms with E-state index >= 15 is 0 Å². The van der Waals surface area contributed by atoms with Gasteiger partial charge in [-0.15, -0.1) is 0 Å². The molecule has 0 heterocycles. The van der Waals surface area contributed by atoms with Crippen LogP contribution in [-0.2, 0) is 26.7 Å². The molecule has 1 aromatic carbocycles. The van der Waals surface area contributed by atoms with Gasteiger partial charge in [-0.3, -0.25) is 0 Å². The molecule has 0 bridgehead atoms. The molecule has 0 nitrogen and oxygen atoms in total. The van der Waals surface area contributed by atoms with Gasteiger partial charge < -0.3 is 0 Å². The van der Waals surface area contributed by atoms with Crippen LogP contribution in [0.25, 0.3) is 0 Å². The van der Waals surface area contributed by atoms with E-state index in [0.717, 1.165) is 0 Å². The van der Waals surface area contributed by atoms with Gasteiger partial charge in [0.1, 0.15) is 0 Å². The fourth-order valence-electron chi connectivity index (χ4n) is 0.916. The molecule has 1 rings (SSSR count). The molecule has 0 N–H and O–H groups in total. The summed E-state index contributed by atoms with van der Waals surface area (Å²) in [6.45, 7) is 0. The van der Waals surface area contributed by atoms with Gasteiger partial charge >= 0.3 is 84.2 Å². The van der Waals surface area contributed by atoms with E-state index in [1.54, 1.807) is 0 Å². The summed E-state index contributed by atoms with van der Waals surface area (Å²) in [4.78, 5) is 0. The molecule has 0 aromatic heterocycles. The zero-order chi connectivity index (χ0) is 7.23. The molecule has 1 aromatic rings. The molecule has 10 heavy (non-hydrogen) atoms. The molecule has 0 amide bonds. The maximum absolute atomic E-state index is 2.64. The van der Waals surface area contributed by atoms with E-state index in [1.807, 2.05) is 0 Å². The van der Waals surface area contributed by atoms with E-state index in [0.29, 0.717) is 0 Å². The molecule has 0 radical (unpaired) electrons. The van der Waals surface area contributed by atoms with Crippen molar-refractivity contribution in [3.63, 3.8) is 0 Å². The van der Waals surface area contributed by atoms with Crippen molar-refractivity contribution in [2.24, 2.45) is 0 Å². The number of hydrogen-bond donors (Lipinski definition) is 0. The average molecular weight is 433 g/mol. The van der Waals surface area contributed by atoms with E-state index < -0.39 is 0 Å². The van der Waals surface area contributed by atoms with Crippen molar-refractivity contribution in [1.82, 2.24) is 0 Å². The molecule has 0 atom stereocenters. The van der Waals surface area contributed by atoms with Crippen molar-refractivity contribution in [3.8, 4) is 0 Å². The van der Waals surface area contributed by atoms with Gasteiger partial charge in [0.05, 0.1) is 0 Å². The monoisotopic (exact) mass is 434 g/mol. The Morgan fingerprint density at radius 2 is 1.90 bits per heavy atom. The summed E-state index contributed by atoms with van der Waals surface area (Å²) >= 11 is 2.27. The van der Waals surface area contributed by atoms with Gasteiger partial charge in [-0.1, -0.05) is 0 Å². The minimum absolute atomic E-state index is 0.370. The van der Waals surface area contributed by atoms with Crippen molar-refractivity contribution in [1.29, 1.82) is 0 Å². The summed E-state index contributed by atoms with van der Waals surface area (Å²) in [6, 6.07) is 10.8. The van der Waals surface area contributed by atoms with Crippen LogP contribution in [0.3, 0.4) is 0 Å². The fourth-order valence-corrected chi connectivity index (χ4v) is 6.37. The van der Waals surface area contributed by atoms with Gasteiger partial charge in [-0.2, -0.15) is 0 Å². The zero-order valence-corrected chi connectivity index (χ0v) is 13.5. The van der Waals surface area contributed by atoms with Crippen LogP contribution in [0.5, 0.6) is 0 Å². The first-order valence-corrected chi connectivity index (χ1v) is 22.9. The van der Waals surface area contributed by atoms with Gasteiger partial charge in [0.2, 0.25) is 0 Å². The first kappa shape index (κ1) is 8.98. The van der Waals surface area contributed by atoms with Gasteiger partial charge in [0, 0.05) is 0 Å². The number of aryl methyl sites for hydroxylation is 1. The Balaban J connectivity index is 2.43. The van der Waals surface area contributed by atoms with Crippen molar-refractivity contribution in [2.75, 3.05) is 0 Å². The first-order chi connectivity index (χ1) is 4.93. The predicted molar refractivity (Wildman–Crippen MR) is 49.0 cm³/mol. The minimum atomic E-state index is -0.370. The Morgan fingerprint density at radius 3 is 2.50 bits per heavy atom. The van der Waals surface area contributed by atoms with Crippen molar-refractivity contribution in [2.45, 2.75) is 10.4 Å². The number of rotatable bonds is 3. The Labute approximate surface area is 83.2 Å². The number of benzene rings is 1. The quantitative estimate of drug-likeness (QED) is 0.509. The number of halogens is 1. The third-order valence-corrected chi connectivity index (χ3v) is 10.5. The van der Waals surface area contributed by atoms with E-state index in [9.17, 15) is 0 Å². The summed E-state index contributed by atoms with van der Waals surface area (Å²) in [7, 11) is 0. The van der Waals surface area contributed by atoms with E-state index in [1.165, 1.54) is 15.9 Å². The fraction of sp³-hybridized carbons (Fsp3) is 0.250. The Morgan fingerprint density at radius 1 is 1.20 bits per heavy atom. The summed E-state index contributed by atoms with van der Waals surface area (Å²) in [5.74, 6) is 0. The van der Waals surface area contributed by atoms with Crippen molar-refractivity contribution < 1.29 is 20.2 Å². The molecule has 0 saturated heterocycles. The second-order valence-electron chi connectivity index (χ2n) is 2.28. The molecule has 0 aliphatic carbocycles. The molecule has 0 fully saturated rings. The van der Waals surface area contributed by atoms with Crippen LogP contribution >= 0.6 is 17.7 Å². The summed E-state index contributed by atoms with van der Waals surface area (Å²) in [5.41, 5.74) is 1.51. The van der Waals surface area contributed by atoms with Crippen LogP contribution in [0.4, 0.5) is 0 Å². The third-order valence-electron chi connectivity index (χ3n) is 1.44. The second kappa shape index (κ2) is 5.52. The normalized spacial score (nSPS) is 8.90. The molecule has 0 unspecified atom stereocenters. The van der Waals surface area contributed by atoms with Gasteiger partial charge in [-0.25, -0.2) is 0 Å². The molecular weight excluding hydrogens is 424 g/mol. The Bertz CT molecular complexity index is 174. The van der Waals surface area contributed by atoms with Crippen LogP contribution in [0, 0.1) is 0 Å². The summed E-state index contributed by atoms with van der Waals surface area (Å²) < 4.78 is 1.52. The Kier molecular flexibility index (Phi) is 4.96. The van der Waals surface area contributed by atoms with Crippen LogP contribution < -0.4 is 0 Å². The van der Waals surface area contributed by atoms with E-state index in [-0.39, 0.29) is 20.2 Å². The standard InChI is InChI=1S/C8H9.Hg.HI/c1-2-8-6-4-3-5-7-8;;/h3-7H,1-2H2;;1H/q;+1;/p-1. The van der Waals surface area contributed by atoms with E-state index in [2.05, 4.69) is 48.0 Å². The van der Waals surface area contributed by atoms with Crippen molar-refractivity contribution >= 4 is 17.7 Å². The maximum atomic E-state index is 2.64. The van der Waals surface area contributed by atoms with Gasteiger partial charge in [0.15, 0.2) is 0 Å². The van der Waals surface area contributed by atoms with E-state index in [4.69, 9.17) is 0 Å². The topological polar surface area (TPSA) is 0 Å². The molecular formula is C8H9HgI. The van der Waals surface area contributed by atoms with Gasteiger partial charge in [0.25, 0.3) is 0 Å². The SMILES string of the molecule is [I][Hg][CH2]Cc1ccccc1. The zero-order valence-electron chi connectivity index (χ0n) is 5.89. The van der Waals surface area contributed by atoms with Crippen molar-refractivity contribution in [3.05, 3.63) is 35.9 Å². The van der Waals surface area contributed by atoms with Crippen LogP contribution in [0.15, 0.2) is 30.3 Å². The van der Waals surface area contributed by atoms with Crippen LogP contribution in [0.1, 0.15) is 5.56 Å². The number of hydrogen-bond acceptors (Lipinski definition) is 0. The first-order valence-electron chi connectivity index (χ1n) is 3.53. The van der Waals surface area contributed by atoms with Crippen LogP contribution in [-0.4, -0.2) is 0 Å². The Hall–Kier alpha value is 0.885. The second-order valence-corrected chi connectivity index (χ2v) is 16.0. The molecule has 0 spiro atoms. The predicted octanol–water partition coefficient (Wildman–Crippen LogP) is 3.08. The molecule has 0 saturated carbocycles. The molecule has 0 aliphatic heterocycles. The summed E-state index contributed by atoms with van der Waals surface area (Å²) in [6.07, 6.45) is 1.32. The summed E-state index contributed by atoms with van der Waals surface area (Å²) in [5, 5.41) is 0. The van der Waals surface area contributed by atoms with Gasteiger partial charge in [-0.05, 0) is 0 Å². The molecule has 50 valence electrons. The molecule has 2 heteroatoms. The van der Waals surface area contributed by atoms with Crippen LogP contribution in [0.2, 0.25) is 3.93 Å².